The van der Waals surface area contributed by atoms with Gasteiger partial charge in [0, 0.05) is 6.42 Å². The van der Waals surface area contributed by atoms with Crippen LogP contribution >= 0.6 is 0 Å². The number of aliphatic hydroxyl groups excluding tert-OH is 2. The van der Waals surface area contributed by atoms with Crippen molar-refractivity contribution in [3.8, 4) is 0 Å². The topological polar surface area (TPSA) is 95.9 Å². The molecule has 0 aromatic heterocycles. The SMILES string of the molecule is CCCCCCCCC/C=C/C=C/CCCCCCCC(=O)OC(CCCCCCCCCCCCCCC)CC(=O)NC(CO)C(O)CCCCCCCCCCCCCCCCCC. The zero-order valence-corrected chi connectivity index (χ0v) is 44.6. The van der Waals surface area contributed by atoms with E-state index >= 15 is 0 Å². The van der Waals surface area contributed by atoms with E-state index in [1.54, 1.807) is 0 Å². The molecule has 390 valence electrons. The van der Waals surface area contributed by atoms with Crippen LogP contribution in [0.3, 0.4) is 0 Å². The van der Waals surface area contributed by atoms with Gasteiger partial charge in [-0.2, -0.15) is 0 Å². The molecule has 0 aromatic rings. The van der Waals surface area contributed by atoms with Crippen LogP contribution in [-0.2, 0) is 14.3 Å². The first-order valence-corrected chi connectivity index (χ1v) is 29.6. The van der Waals surface area contributed by atoms with E-state index in [9.17, 15) is 19.8 Å². The number of unbranched alkanes of at least 4 members (excludes halogenated alkanes) is 39. The molecule has 3 N–H and O–H groups in total. The molecule has 0 heterocycles. The second-order valence-corrected chi connectivity index (χ2v) is 20.4. The molecule has 0 rings (SSSR count). The Kier molecular flexibility index (Phi) is 52.9. The molecule has 0 aliphatic rings. The molecule has 3 atom stereocenters. The summed E-state index contributed by atoms with van der Waals surface area (Å²) in [5.41, 5.74) is 0. The largest absolute Gasteiger partial charge is 0.462 e. The van der Waals surface area contributed by atoms with Crippen LogP contribution in [0, 0.1) is 0 Å². The van der Waals surface area contributed by atoms with E-state index < -0.39 is 18.2 Å². The standard InChI is InChI=1S/C60H115NO5/c1-4-7-10-13-16-19-22-25-27-29-30-32-35-38-41-44-47-50-53-60(65)66-56(51-48-45-42-39-36-33-24-21-18-15-12-9-6-3)54-59(64)61-57(55-62)58(63)52-49-46-43-40-37-34-31-28-26-23-20-17-14-11-8-5-2/h27,29-30,32,56-58,62-63H,4-26,28,31,33-55H2,1-3H3,(H,61,64)/b29-27+,32-30+. The van der Waals surface area contributed by atoms with Crippen molar-refractivity contribution in [2.75, 3.05) is 6.61 Å². The Hall–Kier alpha value is -1.66. The Morgan fingerprint density at radius 3 is 1.12 bits per heavy atom. The number of allylic oxidation sites excluding steroid dienone is 4. The van der Waals surface area contributed by atoms with E-state index in [-0.39, 0.29) is 24.9 Å². The normalized spacial score (nSPS) is 13.2. The van der Waals surface area contributed by atoms with E-state index in [2.05, 4.69) is 50.4 Å². The number of carbonyl (C=O) groups is 2. The first-order chi connectivity index (χ1) is 32.5. The van der Waals surface area contributed by atoms with Gasteiger partial charge >= 0.3 is 5.97 Å². The first kappa shape index (κ1) is 64.3. The van der Waals surface area contributed by atoms with Crippen LogP contribution in [0.25, 0.3) is 0 Å². The third-order valence-corrected chi connectivity index (χ3v) is 13.8. The molecule has 0 spiro atoms. The van der Waals surface area contributed by atoms with Crippen LogP contribution in [0.2, 0.25) is 0 Å². The molecular weight excluding hydrogens is 815 g/mol. The van der Waals surface area contributed by atoms with Crippen molar-refractivity contribution in [2.45, 2.75) is 341 Å². The Morgan fingerprint density at radius 1 is 0.439 bits per heavy atom. The van der Waals surface area contributed by atoms with Gasteiger partial charge in [0.25, 0.3) is 0 Å². The fourth-order valence-corrected chi connectivity index (χ4v) is 9.31. The van der Waals surface area contributed by atoms with Gasteiger partial charge in [-0.25, -0.2) is 0 Å². The summed E-state index contributed by atoms with van der Waals surface area (Å²) < 4.78 is 5.96. The minimum atomic E-state index is -0.787. The lowest BCUT2D eigenvalue weighted by Gasteiger charge is -2.24. The maximum atomic E-state index is 13.3. The predicted molar refractivity (Wildman–Crippen MR) is 287 cm³/mol. The van der Waals surface area contributed by atoms with Gasteiger partial charge < -0.3 is 20.3 Å². The maximum absolute atomic E-state index is 13.3. The molecule has 6 nitrogen and oxygen atoms in total. The minimum Gasteiger partial charge on any atom is -0.462 e. The minimum absolute atomic E-state index is 0.0775. The molecule has 66 heavy (non-hydrogen) atoms. The molecule has 0 radical (unpaired) electrons. The molecule has 1 amide bonds. The summed E-state index contributed by atoms with van der Waals surface area (Å²) in [6, 6.07) is -0.701. The lowest BCUT2D eigenvalue weighted by atomic mass is 10.0. The van der Waals surface area contributed by atoms with E-state index in [1.165, 1.54) is 225 Å². The summed E-state index contributed by atoms with van der Waals surface area (Å²) in [7, 11) is 0. The molecule has 0 saturated heterocycles. The maximum Gasteiger partial charge on any atom is 0.306 e. The third-order valence-electron chi connectivity index (χ3n) is 13.8. The Morgan fingerprint density at radius 2 is 0.758 bits per heavy atom. The summed E-state index contributed by atoms with van der Waals surface area (Å²) in [6.45, 7) is 6.52. The van der Waals surface area contributed by atoms with Crippen LogP contribution in [-0.4, -0.2) is 46.9 Å². The number of aliphatic hydroxyl groups is 2. The summed E-state index contributed by atoms with van der Waals surface area (Å²) in [5, 5.41) is 23.9. The zero-order valence-electron chi connectivity index (χ0n) is 44.6. The fourth-order valence-electron chi connectivity index (χ4n) is 9.31. The second-order valence-electron chi connectivity index (χ2n) is 20.4. The summed E-state index contributed by atoms with van der Waals surface area (Å²) in [5.74, 6) is -0.471. The lowest BCUT2D eigenvalue weighted by Crippen LogP contribution is -2.46. The highest BCUT2D eigenvalue weighted by Gasteiger charge is 2.24. The van der Waals surface area contributed by atoms with Gasteiger partial charge in [-0.3, -0.25) is 9.59 Å². The van der Waals surface area contributed by atoms with Gasteiger partial charge in [0.1, 0.15) is 6.10 Å². The number of ether oxygens (including phenoxy) is 1. The fraction of sp³-hybridized carbons (Fsp3) is 0.900. The van der Waals surface area contributed by atoms with Crippen LogP contribution in [0.15, 0.2) is 24.3 Å². The number of esters is 1. The highest BCUT2D eigenvalue weighted by atomic mass is 16.5. The molecule has 0 fully saturated rings. The number of hydrogen-bond acceptors (Lipinski definition) is 5. The number of hydrogen-bond donors (Lipinski definition) is 3. The average molecular weight is 931 g/mol. The highest BCUT2D eigenvalue weighted by molar-refractivity contribution is 5.77. The van der Waals surface area contributed by atoms with Gasteiger partial charge in [-0.05, 0) is 51.4 Å². The summed E-state index contributed by atoms with van der Waals surface area (Å²) >= 11 is 0. The van der Waals surface area contributed by atoms with Gasteiger partial charge in [0.05, 0.1) is 25.2 Å². The molecule has 0 saturated carbocycles. The van der Waals surface area contributed by atoms with Crippen LogP contribution in [0.4, 0.5) is 0 Å². The van der Waals surface area contributed by atoms with Gasteiger partial charge in [-0.15, -0.1) is 0 Å². The quantitative estimate of drug-likeness (QED) is 0.0321. The smallest absolute Gasteiger partial charge is 0.306 e. The van der Waals surface area contributed by atoms with E-state index in [0.29, 0.717) is 19.3 Å². The van der Waals surface area contributed by atoms with Crippen molar-refractivity contribution in [3.05, 3.63) is 24.3 Å². The number of carbonyl (C=O) groups excluding carboxylic acids is 2. The third kappa shape index (κ3) is 48.8. The molecular formula is C60H115NO5. The summed E-state index contributed by atoms with van der Waals surface area (Å²) in [4.78, 5) is 26.3. The van der Waals surface area contributed by atoms with Crippen molar-refractivity contribution < 1.29 is 24.5 Å². The van der Waals surface area contributed by atoms with Crippen molar-refractivity contribution in [2.24, 2.45) is 0 Å². The van der Waals surface area contributed by atoms with Gasteiger partial charge in [0.2, 0.25) is 5.91 Å². The molecule has 0 aliphatic heterocycles. The van der Waals surface area contributed by atoms with Crippen molar-refractivity contribution >= 4 is 11.9 Å². The van der Waals surface area contributed by atoms with Crippen molar-refractivity contribution in [1.82, 2.24) is 5.32 Å². The number of rotatable bonds is 54. The molecule has 3 unspecified atom stereocenters. The zero-order chi connectivity index (χ0) is 48.1. The average Bonchev–Trinajstić information content (AvgIpc) is 3.31. The van der Waals surface area contributed by atoms with Crippen molar-refractivity contribution in [3.63, 3.8) is 0 Å². The van der Waals surface area contributed by atoms with Gasteiger partial charge in [-0.1, -0.05) is 283 Å². The lowest BCUT2D eigenvalue weighted by molar-refractivity contribution is -0.151. The monoisotopic (exact) mass is 930 g/mol. The Labute approximate surface area is 411 Å². The molecule has 0 aromatic carbocycles. The number of nitrogens with one attached hydrogen (secondary N) is 1. The Bertz CT molecular complexity index is 1040. The Balaban J connectivity index is 4.50. The highest BCUT2D eigenvalue weighted by Crippen LogP contribution is 2.19. The summed E-state index contributed by atoms with van der Waals surface area (Å²) in [6.07, 6.45) is 63.9. The predicted octanol–water partition coefficient (Wildman–Crippen LogP) is 18.2. The van der Waals surface area contributed by atoms with E-state index in [0.717, 1.165) is 51.4 Å². The molecule has 6 heteroatoms. The molecule has 0 bridgehead atoms. The number of amides is 1. The molecule has 0 aliphatic carbocycles. The van der Waals surface area contributed by atoms with Crippen LogP contribution in [0.1, 0.15) is 323 Å². The van der Waals surface area contributed by atoms with Crippen LogP contribution in [0.5, 0.6) is 0 Å². The first-order valence-electron chi connectivity index (χ1n) is 29.6. The van der Waals surface area contributed by atoms with Gasteiger partial charge in [0.15, 0.2) is 0 Å². The van der Waals surface area contributed by atoms with E-state index in [4.69, 9.17) is 4.74 Å². The van der Waals surface area contributed by atoms with Crippen LogP contribution < -0.4 is 5.32 Å². The van der Waals surface area contributed by atoms with E-state index in [1.807, 2.05) is 0 Å². The van der Waals surface area contributed by atoms with Crippen molar-refractivity contribution in [1.29, 1.82) is 0 Å². The second kappa shape index (κ2) is 54.3.